The van der Waals surface area contributed by atoms with Crippen molar-refractivity contribution in [3.05, 3.63) is 82.9 Å². The maximum Gasteiger partial charge on any atom is 0.472 e. The summed E-state index contributed by atoms with van der Waals surface area (Å²) in [5.74, 6) is -1.80. The van der Waals surface area contributed by atoms with E-state index < -0.39 is 102 Å². The molecule has 0 bridgehead atoms. The molecule has 330 valence electrons. The van der Waals surface area contributed by atoms with E-state index in [0.717, 1.165) is 17.1 Å². The zero-order valence-electron chi connectivity index (χ0n) is 31.5. The standard InChI is InChI=1S/C33H40ClN9O16P2/c1-2-3-7-22(44)40-18(11-16-5-4-6-17(34)10-16)32(47)58-26-19(56-31(24(26)45)43-15-39-23-28(36)37-14-38-29(23)43)13-55-61(52,53)59-27-20(12-54-60(49,50)51)57-30(25(27)46)42-9-8-21(35)41-33(42)48/h2,4-6,8-10,14-15,18-20,24-27,30-31,45-46H,1,3,7,11-13H2,(H,40,44)(H,52,53)(H2,35,41,48)(H2,36,37,38)(H2,49,50,51)/t18?,19-,20+,24+,25+,26+,27+,30+,31+/m0/s1. The van der Waals surface area contributed by atoms with Crippen molar-refractivity contribution in [2.75, 3.05) is 24.7 Å². The van der Waals surface area contributed by atoms with Gasteiger partial charge in [-0.25, -0.2) is 33.7 Å². The summed E-state index contributed by atoms with van der Waals surface area (Å²) in [4.78, 5) is 84.6. The number of phosphoric ester groups is 2. The minimum absolute atomic E-state index is 0.0177. The molecule has 61 heavy (non-hydrogen) atoms. The number of aromatic nitrogens is 6. The van der Waals surface area contributed by atoms with E-state index >= 15 is 0 Å². The molecule has 25 nitrogen and oxygen atoms in total. The van der Waals surface area contributed by atoms with Crippen molar-refractivity contribution in [1.29, 1.82) is 0 Å². The SMILES string of the molecule is C=CCCC(=O)NC(Cc1cccc(Cl)c1)C(=O)O[C@H]1[C@@H](O)[C@H](n2cnc3c(N)ncnc32)O[C@H]1COP(=O)(O)O[C@H]1[C@@H](O)[C@H](n2ccc(N)nc2=O)O[C@@H]1COP(=O)(O)O. The Kier molecular flexibility index (Phi) is 14.4. The van der Waals surface area contributed by atoms with Gasteiger partial charge < -0.3 is 55.9 Å². The van der Waals surface area contributed by atoms with Crippen LogP contribution in [-0.4, -0.2) is 122 Å². The van der Waals surface area contributed by atoms with E-state index in [2.05, 4.69) is 36.4 Å². The fraction of sp³-hybridized carbons (Fsp3) is 0.424. The lowest BCUT2D eigenvalue weighted by molar-refractivity contribution is -0.160. The average Bonchev–Trinajstić information content (AvgIpc) is 3.85. The zero-order valence-corrected chi connectivity index (χ0v) is 34.0. The first-order valence-corrected chi connectivity index (χ1v) is 21.4. The number of allylic oxidation sites excluding steroid dienone is 1. The molecule has 0 spiro atoms. The fourth-order valence-corrected chi connectivity index (χ4v) is 7.97. The second-order valence-electron chi connectivity index (χ2n) is 13.5. The quantitative estimate of drug-likeness (QED) is 0.0359. The van der Waals surface area contributed by atoms with Crippen LogP contribution in [0, 0.1) is 0 Å². The van der Waals surface area contributed by atoms with Crippen molar-refractivity contribution in [3.63, 3.8) is 0 Å². The Morgan fingerprint density at radius 3 is 2.38 bits per heavy atom. The molecule has 3 aromatic heterocycles. The normalized spacial score (nSPS) is 25.5. The van der Waals surface area contributed by atoms with E-state index in [1.165, 1.54) is 23.0 Å². The zero-order chi connectivity index (χ0) is 44.2. The first kappa shape index (κ1) is 45.8. The number of nitrogens with zero attached hydrogens (tertiary/aromatic N) is 6. The molecule has 2 aliphatic rings. The highest BCUT2D eigenvalue weighted by Gasteiger charge is 2.52. The van der Waals surface area contributed by atoms with E-state index in [9.17, 15) is 48.4 Å². The highest BCUT2D eigenvalue weighted by Crippen LogP contribution is 2.50. The molecule has 10 N–H and O–H groups in total. The van der Waals surface area contributed by atoms with Gasteiger partial charge in [-0.15, -0.1) is 6.58 Å². The molecule has 0 radical (unpaired) electrons. The van der Waals surface area contributed by atoms with Crippen molar-refractivity contribution in [2.24, 2.45) is 0 Å². The van der Waals surface area contributed by atoms with Gasteiger partial charge in [-0.3, -0.25) is 27.5 Å². The molecule has 6 rings (SSSR count). The highest BCUT2D eigenvalue weighted by molar-refractivity contribution is 7.47. The number of esters is 1. The van der Waals surface area contributed by atoms with E-state index in [0.29, 0.717) is 10.6 Å². The maximum atomic E-state index is 13.9. The van der Waals surface area contributed by atoms with E-state index in [4.69, 9.17) is 46.3 Å². The third-order valence-corrected chi connectivity index (χ3v) is 11.0. The van der Waals surface area contributed by atoms with Crippen molar-refractivity contribution >= 4 is 61.9 Å². The van der Waals surface area contributed by atoms with Gasteiger partial charge in [-0.05, 0) is 30.2 Å². The lowest BCUT2D eigenvalue weighted by Crippen LogP contribution is -2.47. The number of aliphatic hydroxyl groups is 2. The number of halogens is 1. The van der Waals surface area contributed by atoms with Crippen molar-refractivity contribution in [1.82, 2.24) is 34.4 Å². The van der Waals surface area contributed by atoms with Crippen LogP contribution in [0.5, 0.6) is 0 Å². The molecule has 28 heteroatoms. The maximum absolute atomic E-state index is 13.9. The molecule has 1 aromatic carbocycles. The van der Waals surface area contributed by atoms with Gasteiger partial charge >= 0.3 is 27.3 Å². The number of anilines is 2. The summed E-state index contributed by atoms with van der Waals surface area (Å²) in [7, 11) is -10.6. The number of hydrogen-bond acceptors (Lipinski definition) is 19. The number of carbonyl (C=O) groups excluding carboxylic acids is 2. The summed E-state index contributed by atoms with van der Waals surface area (Å²) in [5.41, 5.74) is 11.2. The first-order valence-electron chi connectivity index (χ1n) is 18.0. The molecule has 5 heterocycles. The lowest BCUT2D eigenvalue weighted by Gasteiger charge is -2.26. The number of carbonyl (C=O) groups is 2. The number of phosphoric acid groups is 2. The summed E-state index contributed by atoms with van der Waals surface area (Å²) >= 11 is 6.16. The van der Waals surface area contributed by atoms with Crippen LogP contribution >= 0.6 is 27.2 Å². The summed E-state index contributed by atoms with van der Waals surface area (Å²) < 4.78 is 59.5. The summed E-state index contributed by atoms with van der Waals surface area (Å²) in [6, 6.07) is 6.27. The molecule has 2 fully saturated rings. The lowest BCUT2D eigenvalue weighted by atomic mass is 10.0. The van der Waals surface area contributed by atoms with Crippen LogP contribution in [0.3, 0.4) is 0 Å². The smallest absolute Gasteiger partial charge is 0.455 e. The third kappa shape index (κ3) is 11.2. The van der Waals surface area contributed by atoms with Crippen molar-refractivity contribution in [2.45, 2.75) is 74.4 Å². The summed E-state index contributed by atoms with van der Waals surface area (Å²) in [5, 5.41) is 25.8. The molecule has 4 aromatic rings. The minimum atomic E-state index is -5.42. The van der Waals surface area contributed by atoms with Gasteiger partial charge in [-0.2, -0.15) is 4.98 Å². The van der Waals surface area contributed by atoms with E-state index in [1.807, 2.05) is 0 Å². The van der Waals surface area contributed by atoms with Gasteiger partial charge in [0, 0.05) is 24.1 Å². The first-order chi connectivity index (χ1) is 28.8. The van der Waals surface area contributed by atoms with Crippen molar-refractivity contribution in [3.8, 4) is 0 Å². The molecule has 10 atom stereocenters. The van der Waals surface area contributed by atoms with Crippen LogP contribution in [-0.2, 0) is 52.9 Å². The number of nitrogen functional groups attached to an aromatic ring is 2. The molecule has 0 saturated carbocycles. The topological polar surface area (TPSA) is 367 Å². The minimum Gasteiger partial charge on any atom is -0.455 e. The second-order valence-corrected chi connectivity index (χ2v) is 16.6. The van der Waals surface area contributed by atoms with Gasteiger partial charge in [0.05, 0.1) is 19.5 Å². The predicted molar refractivity (Wildman–Crippen MR) is 208 cm³/mol. The van der Waals surface area contributed by atoms with Gasteiger partial charge in [-0.1, -0.05) is 29.8 Å². The number of fused-ring (bicyclic) bond motifs is 1. The molecule has 0 aliphatic carbocycles. The number of aliphatic hydroxyl groups excluding tert-OH is 2. The average molecular weight is 916 g/mol. The number of nitrogens with two attached hydrogens (primary N) is 2. The van der Waals surface area contributed by atoms with Crippen molar-refractivity contribution < 1.29 is 71.4 Å². The third-order valence-electron chi connectivity index (χ3n) is 9.25. The Bertz CT molecular complexity index is 2400. The molecular weight excluding hydrogens is 876 g/mol. The Labute approximate surface area is 349 Å². The number of benzene rings is 1. The molecular formula is C33H40ClN9O16P2. The fourth-order valence-electron chi connectivity index (χ4n) is 6.45. The van der Waals surface area contributed by atoms with Crippen LogP contribution in [0.1, 0.15) is 30.9 Å². The second kappa shape index (κ2) is 19.1. The predicted octanol–water partition coefficient (Wildman–Crippen LogP) is -0.365. The largest absolute Gasteiger partial charge is 0.472 e. The number of hydrogen-bond donors (Lipinski definition) is 8. The molecule has 1 amide bonds. The highest BCUT2D eigenvalue weighted by atomic mass is 35.5. The number of amides is 1. The van der Waals surface area contributed by atoms with Crippen LogP contribution in [0.2, 0.25) is 5.02 Å². The van der Waals surface area contributed by atoms with E-state index in [1.54, 1.807) is 24.3 Å². The number of rotatable bonds is 18. The summed E-state index contributed by atoms with van der Waals surface area (Å²) in [6.07, 6.45) is -8.88. The summed E-state index contributed by atoms with van der Waals surface area (Å²) in [6.45, 7) is 1.59. The van der Waals surface area contributed by atoms with Gasteiger partial charge in [0.25, 0.3) is 0 Å². The van der Waals surface area contributed by atoms with Crippen LogP contribution in [0.25, 0.3) is 11.2 Å². The Balaban J connectivity index is 1.26. The van der Waals surface area contributed by atoms with Crippen LogP contribution in [0.15, 0.2) is 66.6 Å². The molecule has 2 aliphatic heterocycles. The Hall–Kier alpha value is -4.72. The van der Waals surface area contributed by atoms with Crippen LogP contribution in [0.4, 0.5) is 11.6 Å². The number of imidazole rings is 1. The Morgan fingerprint density at radius 2 is 1.69 bits per heavy atom. The number of nitrogens with one attached hydrogen (secondary N) is 1. The molecule has 2 saturated heterocycles. The van der Waals surface area contributed by atoms with Gasteiger partial charge in [0.2, 0.25) is 5.91 Å². The van der Waals surface area contributed by atoms with Gasteiger partial charge in [0.15, 0.2) is 30.0 Å². The number of ether oxygens (including phenoxy) is 3. The van der Waals surface area contributed by atoms with Crippen LogP contribution < -0.4 is 22.5 Å². The Morgan fingerprint density at radius 1 is 1.00 bits per heavy atom. The van der Waals surface area contributed by atoms with Gasteiger partial charge in [0.1, 0.15) is 54.2 Å². The monoisotopic (exact) mass is 915 g/mol. The molecule has 2 unspecified atom stereocenters. The van der Waals surface area contributed by atoms with E-state index in [-0.39, 0.29) is 42.1 Å².